The molecule has 0 saturated carbocycles. The van der Waals surface area contributed by atoms with Gasteiger partial charge in [-0.15, -0.1) is 0 Å². The van der Waals surface area contributed by atoms with Gasteiger partial charge in [0.25, 0.3) is 0 Å². The third-order valence-corrected chi connectivity index (χ3v) is 10.4. The number of hydrogen-bond acceptors (Lipinski definition) is 3. The van der Waals surface area contributed by atoms with E-state index in [9.17, 15) is 15.0 Å². The van der Waals surface area contributed by atoms with E-state index in [1.165, 1.54) is 83.5 Å². The summed E-state index contributed by atoms with van der Waals surface area (Å²) in [7, 11) is 0. The summed E-state index contributed by atoms with van der Waals surface area (Å²) in [6.45, 7) is 4.16. The minimum absolute atomic E-state index is 0.112. The number of amides is 1. The Kier molecular flexibility index (Phi) is 48.0. The molecular formula is C57H93NO3. The van der Waals surface area contributed by atoms with Gasteiger partial charge < -0.3 is 15.5 Å². The molecule has 0 spiro atoms. The Morgan fingerprint density at radius 1 is 0.410 bits per heavy atom. The van der Waals surface area contributed by atoms with Crippen LogP contribution in [0.1, 0.15) is 200 Å². The van der Waals surface area contributed by atoms with Gasteiger partial charge in [0.2, 0.25) is 5.91 Å². The summed E-state index contributed by atoms with van der Waals surface area (Å²) >= 11 is 0. The molecule has 3 N–H and O–H groups in total. The van der Waals surface area contributed by atoms with Crippen LogP contribution in [0.5, 0.6) is 0 Å². The number of aliphatic hydroxyl groups excluding tert-OH is 2. The fourth-order valence-electron chi connectivity index (χ4n) is 6.62. The van der Waals surface area contributed by atoms with Crippen molar-refractivity contribution in [1.29, 1.82) is 0 Å². The van der Waals surface area contributed by atoms with Crippen molar-refractivity contribution in [2.45, 2.75) is 212 Å². The first kappa shape index (κ1) is 57.5. The predicted molar refractivity (Wildman–Crippen MR) is 271 cm³/mol. The summed E-state index contributed by atoms with van der Waals surface area (Å²) in [6.07, 6.45) is 80.0. The number of hydrogen-bond donors (Lipinski definition) is 3. The molecular weight excluding hydrogens is 747 g/mol. The average molecular weight is 840 g/mol. The predicted octanol–water partition coefficient (Wildman–Crippen LogP) is 16.3. The first-order valence-electron chi connectivity index (χ1n) is 24.9. The standard InChI is InChI=1S/C57H93NO3/c1-3-5-7-9-11-13-15-17-19-21-22-23-24-25-26-27-28-29-30-31-32-33-34-35-36-37-39-41-43-45-47-49-51-53-57(61)58-55(54-59)56(60)52-50-48-46-44-42-40-38-20-18-16-14-12-10-8-6-4-2/h5,7,11,13,17,19,22-23,25-26,28-29,31-32,34-35,37,39,43,45,50,52,55-56,59-60H,3-4,6,8-10,12,14-16,18,20-21,24,27,30,33,36,38,40-42,44,46-49,51,53-54H2,1-2H3,(H,58,61)/b7-5-,13-11-,19-17-,23-22-,26-25-,29-28-,32-31-,35-34-,39-37-,45-43-,52-50+. The van der Waals surface area contributed by atoms with Crippen molar-refractivity contribution in [3.8, 4) is 0 Å². The minimum atomic E-state index is -0.867. The molecule has 0 aromatic rings. The Morgan fingerprint density at radius 3 is 1.08 bits per heavy atom. The molecule has 0 aliphatic heterocycles. The van der Waals surface area contributed by atoms with Gasteiger partial charge in [0.15, 0.2) is 0 Å². The number of carbonyl (C=O) groups excluding carboxylic acids is 1. The monoisotopic (exact) mass is 840 g/mol. The van der Waals surface area contributed by atoms with Gasteiger partial charge >= 0.3 is 0 Å². The SMILES string of the molecule is CC/C=C\C/C=C\C/C=C\C/C=C\C/C=C\C/C=C\C/C=C\C/C=C\C/C=C\C/C=C\CCCCC(=O)NC(CO)C(O)/C=C/CCCCCCCCCCCCCCCC. The van der Waals surface area contributed by atoms with E-state index in [1.807, 2.05) is 6.08 Å². The van der Waals surface area contributed by atoms with Crippen LogP contribution in [0.4, 0.5) is 0 Å². The topological polar surface area (TPSA) is 69.6 Å². The molecule has 2 unspecified atom stereocenters. The minimum Gasteiger partial charge on any atom is -0.394 e. The fraction of sp³-hybridized carbons (Fsp3) is 0.596. The van der Waals surface area contributed by atoms with E-state index in [2.05, 4.69) is 141 Å². The first-order chi connectivity index (χ1) is 30.2. The van der Waals surface area contributed by atoms with Crippen LogP contribution >= 0.6 is 0 Å². The molecule has 0 rings (SSSR count). The molecule has 0 radical (unpaired) electrons. The highest BCUT2D eigenvalue weighted by atomic mass is 16.3. The van der Waals surface area contributed by atoms with E-state index in [0.717, 1.165) is 96.3 Å². The van der Waals surface area contributed by atoms with Gasteiger partial charge in [0, 0.05) is 6.42 Å². The molecule has 1 amide bonds. The molecule has 0 bridgehead atoms. The van der Waals surface area contributed by atoms with Gasteiger partial charge in [-0.05, 0) is 96.3 Å². The molecule has 0 aromatic heterocycles. The number of carbonyl (C=O) groups is 1. The van der Waals surface area contributed by atoms with Crippen molar-refractivity contribution >= 4 is 5.91 Å². The van der Waals surface area contributed by atoms with E-state index in [-0.39, 0.29) is 12.5 Å². The fourth-order valence-corrected chi connectivity index (χ4v) is 6.62. The van der Waals surface area contributed by atoms with Gasteiger partial charge in [-0.2, -0.15) is 0 Å². The van der Waals surface area contributed by atoms with Crippen molar-refractivity contribution in [2.24, 2.45) is 0 Å². The maximum atomic E-state index is 12.4. The van der Waals surface area contributed by atoms with E-state index in [1.54, 1.807) is 6.08 Å². The normalized spacial score (nSPS) is 14.1. The zero-order valence-electron chi connectivity index (χ0n) is 39.4. The van der Waals surface area contributed by atoms with E-state index < -0.39 is 12.1 Å². The molecule has 344 valence electrons. The third-order valence-electron chi connectivity index (χ3n) is 10.4. The Hall–Kier alpha value is -3.47. The second kappa shape index (κ2) is 50.9. The van der Waals surface area contributed by atoms with Crippen LogP contribution in [0.3, 0.4) is 0 Å². The molecule has 0 aliphatic carbocycles. The largest absolute Gasteiger partial charge is 0.394 e. The van der Waals surface area contributed by atoms with Gasteiger partial charge in [-0.3, -0.25) is 4.79 Å². The summed E-state index contributed by atoms with van der Waals surface area (Å²) in [5, 5.41) is 23.0. The van der Waals surface area contributed by atoms with E-state index in [0.29, 0.717) is 6.42 Å². The van der Waals surface area contributed by atoms with Gasteiger partial charge in [-0.1, -0.05) is 231 Å². The molecule has 0 aliphatic rings. The molecule has 61 heavy (non-hydrogen) atoms. The van der Waals surface area contributed by atoms with Crippen molar-refractivity contribution < 1.29 is 15.0 Å². The third kappa shape index (κ3) is 47.4. The maximum Gasteiger partial charge on any atom is 0.220 e. The van der Waals surface area contributed by atoms with Crippen molar-refractivity contribution in [3.63, 3.8) is 0 Å². The second-order valence-corrected chi connectivity index (χ2v) is 16.1. The van der Waals surface area contributed by atoms with E-state index in [4.69, 9.17) is 0 Å². The second-order valence-electron chi connectivity index (χ2n) is 16.1. The summed E-state index contributed by atoms with van der Waals surface area (Å²) in [6, 6.07) is -0.655. The lowest BCUT2D eigenvalue weighted by molar-refractivity contribution is -0.123. The summed E-state index contributed by atoms with van der Waals surface area (Å²) in [4.78, 5) is 12.4. The summed E-state index contributed by atoms with van der Waals surface area (Å²) < 4.78 is 0. The zero-order valence-corrected chi connectivity index (χ0v) is 39.4. The van der Waals surface area contributed by atoms with Crippen LogP contribution in [-0.4, -0.2) is 34.9 Å². The molecule has 0 fully saturated rings. The van der Waals surface area contributed by atoms with Gasteiger partial charge in [-0.25, -0.2) is 0 Å². The number of aliphatic hydroxyl groups is 2. The Balaban J connectivity index is 3.75. The molecule has 0 aromatic carbocycles. The van der Waals surface area contributed by atoms with Crippen LogP contribution in [0.2, 0.25) is 0 Å². The molecule has 0 heterocycles. The zero-order chi connectivity index (χ0) is 44.2. The summed E-state index contributed by atoms with van der Waals surface area (Å²) in [5.74, 6) is -0.112. The maximum absolute atomic E-state index is 12.4. The Morgan fingerprint density at radius 2 is 0.721 bits per heavy atom. The quantitative estimate of drug-likeness (QED) is 0.0423. The highest BCUT2D eigenvalue weighted by Gasteiger charge is 2.17. The molecule has 4 heteroatoms. The Labute approximate surface area is 377 Å². The van der Waals surface area contributed by atoms with Crippen molar-refractivity contribution in [3.05, 3.63) is 134 Å². The van der Waals surface area contributed by atoms with Crippen molar-refractivity contribution in [2.75, 3.05) is 6.61 Å². The first-order valence-corrected chi connectivity index (χ1v) is 24.9. The number of unbranched alkanes of at least 4 members (excludes halogenated alkanes) is 16. The highest BCUT2D eigenvalue weighted by Crippen LogP contribution is 2.14. The number of rotatable bonds is 43. The smallest absolute Gasteiger partial charge is 0.220 e. The molecule has 2 atom stereocenters. The summed E-state index contributed by atoms with van der Waals surface area (Å²) in [5.41, 5.74) is 0. The molecule has 4 nitrogen and oxygen atoms in total. The lowest BCUT2D eigenvalue weighted by Crippen LogP contribution is -2.45. The van der Waals surface area contributed by atoms with Crippen molar-refractivity contribution in [1.82, 2.24) is 5.32 Å². The highest BCUT2D eigenvalue weighted by molar-refractivity contribution is 5.76. The van der Waals surface area contributed by atoms with Crippen LogP contribution in [0.25, 0.3) is 0 Å². The van der Waals surface area contributed by atoms with Crippen LogP contribution in [0, 0.1) is 0 Å². The number of allylic oxidation sites excluding steroid dienone is 21. The average Bonchev–Trinajstić information content (AvgIpc) is 3.26. The lowest BCUT2D eigenvalue weighted by atomic mass is 10.0. The van der Waals surface area contributed by atoms with E-state index >= 15 is 0 Å². The van der Waals surface area contributed by atoms with Gasteiger partial charge in [0.05, 0.1) is 18.8 Å². The number of nitrogens with one attached hydrogen (secondary N) is 1. The van der Waals surface area contributed by atoms with Crippen LogP contribution in [0.15, 0.2) is 134 Å². The Bertz CT molecular complexity index is 1270. The lowest BCUT2D eigenvalue weighted by Gasteiger charge is -2.19. The van der Waals surface area contributed by atoms with Crippen LogP contribution < -0.4 is 5.32 Å². The van der Waals surface area contributed by atoms with Gasteiger partial charge in [0.1, 0.15) is 0 Å². The molecule has 0 saturated heterocycles. The van der Waals surface area contributed by atoms with Crippen LogP contribution in [-0.2, 0) is 4.79 Å².